The van der Waals surface area contributed by atoms with Crippen LogP contribution in [0.3, 0.4) is 0 Å². The molecule has 0 heterocycles. The van der Waals surface area contributed by atoms with E-state index in [2.05, 4.69) is 5.32 Å². The number of benzene rings is 2. The van der Waals surface area contributed by atoms with Gasteiger partial charge in [0.05, 0.1) is 15.7 Å². The molecule has 0 aliphatic heterocycles. The monoisotopic (exact) mass is 295 g/mol. The predicted octanol–water partition coefficient (Wildman–Crippen LogP) is 2.71. The van der Waals surface area contributed by atoms with Crippen LogP contribution < -0.4 is 5.32 Å². The van der Waals surface area contributed by atoms with E-state index in [0.717, 1.165) is 0 Å². The number of hydrogen-bond acceptors (Lipinski definition) is 2. The summed E-state index contributed by atoms with van der Waals surface area (Å²) >= 11 is 0. The van der Waals surface area contributed by atoms with E-state index in [9.17, 15) is 17.8 Å². The number of anilines is 1. The number of carbonyl (C=O) groups excluding carboxylic acids is 1. The summed E-state index contributed by atoms with van der Waals surface area (Å²) in [6, 6.07) is 10.8. The minimum atomic E-state index is -1.76. The molecule has 0 saturated carbocycles. The van der Waals surface area contributed by atoms with Gasteiger partial charge >= 0.3 is 0 Å². The quantitative estimate of drug-likeness (QED) is 0.942. The molecule has 1 unspecified atom stereocenters. The van der Waals surface area contributed by atoms with Gasteiger partial charge in [-0.05, 0) is 36.4 Å². The fraction of sp³-hybridized carbons (Fsp3) is 0.0714. The van der Waals surface area contributed by atoms with Crippen LogP contribution in [0.5, 0.6) is 0 Å². The maximum absolute atomic E-state index is 13.4. The second kappa shape index (κ2) is 6.38. The molecule has 0 fully saturated rings. The molecule has 104 valence electrons. The third-order valence-electron chi connectivity index (χ3n) is 2.47. The van der Waals surface area contributed by atoms with Crippen LogP contribution in [0.15, 0.2) is 53.4 Å². The summed E-state index contributed by atoms with van der Waals surface area (Å²) in [7, 11) is -1.76. The first-order valence-electron chi connectivity index (χ1n) is 5.74. The van der Waals surface area contributed by atoms with Gasteiger partial charge in [0.25, 0.3) is 0 Å². The Labute approximate surface area is 117 Å². The van der Waals surface area contributed by atoms with Gasteiger partial charge in [-0.3, -0.25) is 9.00 Å². The first-order valence-corrected chi connectivity index (χ1v) is 7.06. The fourth-order valence-electron chi connectivity index (χ4n) is 1.56. The van der Waals surface area contributed by atoms with Crippen molar-refractivity contribution in [1.82, 2.24) is 0 Å². The standard InChI is InChI=1S/C14H11F2NO2S/c15-10-5-7-11(8-6-10)17-14(18)9-20(19)13-4-2-1-3-12(13)16/h1-8H,9H2,(H,17,18). The van der Waals surface area contributed by atoms with Crippen molar-refractivity contribution in [3.8, 4) is 0 Å². The summed E-state index contributed by atoms with van der Waals surface area (Å²) in [6.45, 7) is 0. The predicted molar refractivity (Wildman–Crippen MR) is 72.7 cm³/mol. The van der Waals surface area contributed by atoms with Gasteiger partial charge < -0.3 is 5.32 Å². The van der Waals surface area contributed by atoms with Gasteiger partial charge in [0.2, 0.25) is 5.91 Å². The van der Waals surface area contributed by atoms with Gasteiger partial charge in [-0.1, -0.05) is 12.1 Å². The molecule has 0 bridgehead atoms. The van der Waals surface area contributed by atoms with Crippen LogP contribution in [-0.2, 0) is 15.6 Å². The van der Waals surface area contributed by atoms with Crippen LogP contribution in [0.25, 0.3) is 0 Å². The van der Waals surface area contributed by atoms with Crippen molar-refractivity contribution in [1.29, 1.82) is 0 Å². The van der Waals surface area contributed by atoms with E-state index in [1.54, 1.807) is 6.07 Å². The largest absolute Gasteiger partial charge is 0.325 e. The lowest BCUT2D eigenvalue weighted by Gasteiger charge is -2.06. The van der Waals surface area contributed by atoms with Crippen molar-refractivity contribution >= 4 is 22.4 Å². The molecule has 2 rings (SSSR count). The Morgan fingerprint density at radius 1 is 1.05 bits per heavy atom. The lowest BCUT2D eigenvalue weighted by molar-refractivity contribution is -0.113. The number of amides is 1. The second-order valence-electron chi connectivity index (χ2n) is 3.98. The second-order valence-corrected chi connectivity index (χ2v) is 5.39. The maximum Gasteiger partial charge on any atom is 0.237 e. The molecule has 0 aliphatic carbocycles. The van der Waals surface area contributed by atoms with Crippen LogP contribution >= 0.6 is 0 Å². The highest BCUT2D eigenvalue weighted by Gasteiger charge is 2.13. The third-order valence-corrected chi connectivity index (χ3v) is 3.82. The van der Waals surface area contributed by atoms with E-state index in [-0.39, 0.29) is 10.6 Å². The normalized spacial score (nSPS) is 11.9. The minimum Gasteiger partial charge on any atom is -0.325 e. The molecule has 2 aromatic rings. The molecular weight excluding hydrogens is 284 g/mol. The molecule has 1 N–H and O–H groups in total. The summed E-state index contributed by atoms with van der Waals surface area (Å²) in [5.74, 6) is -1.92. The van der Waals surface area contributed by atoms with Gasteiger partial charge in [0.1, 0.15) is 17.4 Å². The Kier molecular flexibility index (Phi) is 4.57. The van der Waals surface area contributed by atoms with Crippen molar-refractivity contribution in [2.75, 3.05) is 11.1 Å². The first-order chi connectivity index (χ1) is 9.56. The minimum absolute atomic E-state index is 0.0123. The molecule has 1 atom stereocenters. The molecule has 6 heteroatoms. The zero-order chi connectivity index (χ0) is 14.5. The summed E-state index contributed by atoms with van der Waals surface area (Å²) < 4.78 is 38.0. The van der Waals surface area contributed by atoms with E-state index in [4.69, 9.17) is 0 Å². The number of hydrogen-bond donors (Lipinski definition) is 1. The molecule has 0 aliphatic rings. The lowest BCUT2D eigenvalue weighted by Crippen LogP contribution is -2.20. The van der Waals surface area contributed by atoms with Crippen molar-refractivity contribution in [3.63, 3.8) is 0 Å². The molecule has 0 spiro atoms. The maximum atomic E-state index is 13.4. The molecule has 20 heavy (non-hydrogen) atoms. The Bertz CT molecular complexity index is 644. The highest BCUT2D eigenvalue weighted by Crippen LogP contribution is 2.13. The van der Waals surface area contributed by atoms with Gasteiger partial charge in [0, 0.05) is 5.69 Å². The van der Waals surface area contributed by atoms with Gasteiger partial charge in [-0.15, -0.1) is 0 Å². The lowest BCUT2D eigenvalue weighted by atomic mass is 10.3. The number of halogens is 2. The topological polar surface area (TPSA) is 46.2 Å². The molecule has 0 saturated heterocycles. The highest BCUT2D eigenvalue weighted by molar-refractivity contribution is 7.85. The van der Waals surface area contributed by atoms with Crippen molar-refractivity contribution in [2.45, 2.75) is 4.90 Å². The smallest absolute Gasteiger partial charge is 0.237 e. The zero-order valence-corrected chi connectivity index (χ0v) is 11.1. The molecule has 1 amide bonds. The average Bonchev–Trinajstić information content (AvgIpc) is 2.41. The molecular formula is C14H11F2NO2S. The van der Waals surface area contributed by atoms with Crippen molar-refractivity contribution in [3.05, 3.63) is 60.2 Å². The van der Waals surface area contributed by atoms with Crippen LogP contribution in [0.4, 0.5) is 14.5 Å². The average molecular weight is 295 g/mol. The van der Waals surface area contributed by atoms with E-state index >= 15 is 0 Å². The molecule has 0 radical (unpaired) electrons. The van der Waals surface area contributed by atoms with Crippen LogP contribution in [0, 0.1) is 11.6 Å². The highest BCUT2D eigenvalue weighted by atomic mass is 32.2. The van der Waals surface area contributed by atoms with Crippen LogP contribution in [0.1, 0.15) is 0 Å². The first kappa shape index (κ1) is 14.3. The fourth-order valence-corrected chi connectivity index (χ4v) is 2.54. The number of rotatable bonds is 4. The summed E-state index contributed by atoms with van der Waals surface area (Å²) in [5, 5.41) is 2.47. The SMILES string of the molecule is O=C(CS(=O)c1ccccc1F)Nc1ccc(F)cc1. The van der Waals surface area contributed by atoms with E-state index in [0.29, 0.717) is 5.69 Å². The van der Waals surface area contributed by atoms with Crippen LogP contribution in [0.2, 0.25) is 0 Å². The summed E-state index contributed by atoms with van der Waals surface area (Å²) in [5.41, 5.74) is 0.391. The zero-order valence-electron chi connectivity index (χ0n) is 10.3. The van der Waals surface area contributed by atoms with Gasteiger partial charge in [0.15, 0.2) is 0 Å². The Morgan fingerprint density at radius 2 is 1.70 bits per heavy atom. The number of nitrogens with one attached hydrogen (secondary N) is 1. The summed E-state index contributed by atoms with van der Waals surface area (Å²) in [6.07, 6.45) is 0. The van der Waals surface area contributed by atoms with Crippen LogP contribution in [-0.4, -0.2) is 15.9 Å². The molecule has 2 aromatic carbocycles. The van der Waals surface area contributed by atoms with E-state index < -0.39 is 28.3 Å². The van der Waals surface area contributed by atoms with Gasteiger partial charge in [-0.2, -0.15) is 0 Å². The van der Waals surface area contributed by atoms with Crippen molar-refractivity contribution in [2.24, 2.45) is 0 Å². The molecule has 3 nitrogen and oxygen atoms in total. The third kappa shape index (κ3) is 3.71. The van der Waals surface area contributed by atoms with Gasteiger partial charge in [-0.25, -0.2) is 8.78 Å². The molecule has 0 aromatic heterocycles. The van der Waals surface area contributed by atoms with E-state index in [1.165, 1.54) is 42.5 Å². The Balaban J connectivity index is 2.00. The van der Waals surface area contributed by atoms with Crippen molar-refractivity contribution < 1.29 is 17.8 Å². The summed E-state index contributed by atoms with van der Waals surface area (Å²) in [4.78, 5) is 11.7. The van der Waals surface area contributed by atoms with E-state index in [1.807, 2.05) is 0 Å². The Hall–Kier alpha value is -2.08. The Morgan fingerprint density at radius 3 is 2.35 bits per heavy atom. The number of carbonyl (C=O) groups is 1.